The van der Waals surface area contributed by atoms with E-state index in [0.717, 1.165) is 0 Å². The topological polar surface area (TPSA) is 140 Å². The Kier molecular flexibility index (Phi) is 8.28. The summed E-state index contributed by atoms with van der Waals surface area (Å²) < 4.78 is 12.4. The number of rotatable bonds is 6. The number of carbonyl (C=O) groups is 2. The van der Waals surface area contributed by atoms with Gasteiger partial charge in [0.1, 0.15) is 12.8 Å². The van der Waals surface area contributed by atoms with Gasteiger partial charge in [-0.05, 0) is 43.2 Å². The fraction of sp³-hybridized carbons (Fsp3) is 0.217. The molecule has 1 aliphatic heterocycles. The normalized spacial score (nSPS) is 16.9. The van der Waals surface area contributed by atoms with E-state index in [2.05, 4.69) is 4.98 Å². The highest BCUT2D eigenvalue weighted by Gasteiger charge is 2.28. The third kappa shape index (κ3) is 6.73. The maximum absolute atomic E-state index is 11.9. The minimum absolute atomic E-state index is 0.0718. The van der Waals surface area contributed by atoms with Gasteiger partial charge in [0.2, 0.25) is 0 Å². The summed E-state index contributed by atoms with van der Waals surface area (Å²) in [4.78, 5) is 37.6. The molecule has 33 heavy (non-hydrogen) atoms. The summed E-state index contributed by atoms with van der Waals surface area (Å²) in [5, 5.41) is 17.1. The zero-order valence-electron chi connectivity index (χ0n) is 17.5. The van der Waals surface area contributed by atoms with E-state index in [-0.39, 0.29) is 18.5 Å². The van der Waals surface area contributed by atoms with Crippen molar-refractivity contribution in [3.63, 3.8) is 0 Å². The second-order valence-electron chi connectivity index (χ2n) is 7.04. The van der Waals surface area contributed by atoms with Gasteiger partial charge >= 0.3 is 17.6 Å². The van der Waals surface area contributed by atoms with E-state index in [9.17, 15) is 14.4 Å². The molecule has 2 atom stereocenters. The lowest BCUT2D eigenvalue weighted by Gasteiger charge is -2.16. The number of nitrogens with one attached hydrogen (secondary N) is 1. The summed E-state index contributed by atoms with van der Waals surface area (Å²) in [6.45, 7) is 0.128. The van der Waals surface area contributed by atoms with Crippen LogP contribution in [0, 0.1) is 0 Å². The van der Waals surface area contributed by atoms with Crippen LogP contribution in [0.4, 0.5) is 5.82 Å². The molecule has 2 aromatic carbocycles. The number of anilines is 1. The highest BCUT2D eigenvalue weighted by molar-refractivity contribution is 5.89. The number of hydrogen-bond donors (Lipinski definition) is 3. The third-order valence-electron chi connectivity index (χ3n) is 4.77. The van der Waals surface area contributed by atoms with Crippen LogP contribution in [0.1, 0.15) is 39.8 Å². The number of aromatic nitrogens is 2. The zero-order chi connectivity index (χ0) is 23.6. The van der Waals surface area contributed by atoms with Gasteiger partial charge in [-0.25, -0.2) is 14.4 Å². The summed E-state index contributed by atoms with van der Waals surface area (Å²) in [7, 11) is 0. The number of hydrogen-bond acceptors (Lipinski definition) is 8. The molecule has 1 fully saturated rings. The number of ether oxygens (including phenoxy) is 2. The smallest absolute Gasteiger partial charge is 0.351 e. The predicted molar refractivity (Wildman–Crippen MR) is 117 cm³/mol. The van der Waals surface area contributed by atoms with Crippen molar-refractivity contribution in [1.82, 2.24) is 9.55 Å². The summed E-state index contributed by atoms with van der Waals surface area (Å²) >= 11 is 0. The third-order valence-corrected chi connectivity index (χ3v) is 4.77. The molecule has 0 aliphatic carbocycles. The highest BCUT2D eigenvalue weighted by atomic mass is 16.6. The van der Waals surface area contributed by atoms with Crippen molar-refractivity contribution >= 4 is 17.8 Å². The van der Waals surface area contributed by atoms with Crippen LogP contribution in [0.25, 0.3) is 0 Å². The Morgan fingerprint density at radius 2 is 1.67 bits per heavy atom. The molecule has 0 radical (unpaired) electrons. The molecule has 0 saturated carbocycles. The Morgan fingerprint density at radius 3 is 2.21 bits per heavy atom. The van der Waals surface area contributed by atoms with Crippen molar-refractivity contribution in [3.8, 4) is 0 Å². The summed E-state index contributed by atoms with van der Waals surface area (Å²) in [6.07, 6.45) is 2.04. The van der Waals surface area contributed by atoms with E-state index in [1.807, 2.05) is 11.5 Å². The Morgan fingerprint density at radius 1 is 1.03 bits per heavy atom. The Bertz CT molecular complexity index is 1120. The molecule has 1 aromatic heterocycles. The van der Waals surface area contributed by atoms with Gasteiger partial charge in [0.05, 0.1) is 17.2 Å². The van der Waals surface area contributed by atoms with Gasteiger partial charge in [-0.1, -0.05) is 36.4 Å². The van der Waals surface area contributed by atoms with Gasteiger partial charge in [0.25, 0.3) is 0 Å². The number of benzene rings is 2. The van der Waals surface area contributed by atoms with Gasteiger partial charge in [0, 0.05) is 6.20 Å². The van der Waals surface area contributed by atoms with Crippen LogP contribution in [0.3, 0.4) is 0 Å². The zero-order valence-corrected chi connectivity index (χ0v) is 17.5. The first kappa shape index (κ1) is 23.6. The summed E-state index contributed by atoms with van der Waals surface area (Å²) in [5.41, 5.74) is 2.11. The van der Waals surface area contributed by atoms with Crippen molar-refractivity contribution < 1.29 is 29.4 Å². The predicted octanol–water partition coefficient (Wildman–Crippen LogP) is 2.96. The second kappa shape index (κ2) is 11.6. The van der Waals surface area contributed by atoms with Gasteiger partial charge in [-0.3, -0.25) is 15.3 Å². The van der Waals surface area contributed by atoms with Crippen molar-refractivity contribution in [1.29, 1.82) is 0 Å². The van der Waals surface area contributed by atoms with Crippen molar-refractivity contribution in [2.45, 2.75) is 25.2 Å². The average Bonchev–Trinajstić information content (AvgIpc) is 3.32. The first-order valence-corrected chi connectivity index (χ1v) is 10.1. The lowest BCUT2D eigenvalue weighted by atomic mass is 10.2. The second-order valence-corrected chi connectivity index (χ2v) is 7.04. The molecule has 172 valence electrons. The molecule has 1 aliphatic rings. The van der Waals surface area contributed by atoms with E-state index in [1.54, 1.807) is 54.6 Å². The molecular weight excluding hydrogens is 430 g/mol. The van der Waals surface area contributed by atoms with E-state index in [1.165, 1.54) is 16.8 Å². The first-order chi connectivity index (χ1) is 16.0. The molecule has 10 heteroatoms. The molecule has 10 nitrogen and oxygen atoms in total. The van der Waals surface area contributed by atoms with Gasteiger partial charge in [-0.15, -0.1) is 0 Å². The van der Waals surface area contributed by atoms with Crippen molar-refractivity contribution in [2.75, 3.05) is 12.1 Å². The highest BCUT2D eigenvalue weighted by Crippen LogP contribution is 2.27. The number of carboxylic acids is 1. The molecule has 4 rings (SSSR count). The lowest BCUT2D eigenvalue weighted by Crippen LogP contribution is -2.28. The van der Waals surface area contributed by atoms with Gasteiger partial charge < -0.3 is 14.6 Å². The lowest BCUT2D eigenvalue weighted by molar-refractivity contribution is -0.0339. The Hall–Kier alpha value is -4.02. The molecule has 0 spiro atoms. The number of carbonyl (C=O) groups excluding carboxylic acids is 1. The molecule has 1 saturated heterocycles. The standard InChI is InChI=1S/C16H17N3O5.C7H6O2/c20-15(11-4-2-1-3-5-11)23-10-12-6-7-14(24-12)19-9-8-13(18-22)17-16(19)21;8-7(9)6-4-2-1-3-5-6/h1-5,8-9,12,14,22H,6-7,10H2,(H,17,18,21);1-5H,(H,8,9). The van der Waals surface area contributed by atoms with Crippen LogP contribution < -0.4 is 11.2 Å². The quantitative estimate of drug-likeness (QED) is 0.379. The van der Waals surface area contributed by atoms with E-state index < -0.39 is 23.9 Å². The molecule has 0 bridgehead atoms. The van der Waals surface area contributed by atoms with Gasteiger partial charge in [0.15, 0.2) is 5.82 Å². The Balaban J connectivity index is 0.000000286. The molecule has 0 amide bonds. The molecule has 3 N–H and O–H groups in total. The van der Waals surface area contributed by atoms with Crippen LogP contribution >= 0.6 is 0 Å². The SMILES string of the molecule is O=C(O)c1ccccc1.O=C(OCC1CCC(n2ccc(NO)nc2=O)O1)c1ccccc1. The summed E-state index contributed by atoms with van der Waals surface area (Å²) in [5.74, 6) is -1.21. The molecule has 2 heterocycles. The van der Waals surface area contributed by atoms with E-state index >= 15 is 0 Å². The average molecular weight is 453 g/mol. The van der Waals surface area contributed by atoms with Crippen molar-refractivity contribution in [3.05, 3.63) is 94.5 Å². The van der Waals surface area contributed by atoms with Gasteiger partial charge in [-0.2, -0.15) is 4.98 Å². The number of aromatic carboxylic acids is 1. The largest absolute Gasteiger partial charge is 0.478 e. The minimum Gasteiger partial charge on any atom is -0.478 e. The monoisotopic (exact) mass is 453 g/mol. The Labute approximate surface area is 189 Å². The molecule has 2 unspecified atom stereocenters. The van der Waals surface area contributed by atoms with Crippen LogP contribution in [-0.2, 0) is 9.47 Å². The maximum Gasteiger partial charge on any atom is 0.351 e. The van der Waals surface area contributed by atoms with E-state index in [0.29, 0.717) is 24.0 Å². The molecule has 3 aromatic rings. The number of esters is 1. The molecular formula is C23H23N3O7. The maximum atomic E-state index is 11.9. The van der Waals surface area contributed by atoms with Crippen LogP contribution in [0.15, 0.2) is 77.7 Å². The number of carboxylic acid groups (broad SMARTS) is 1. The first-order valence-electron chi connectivity index (χ1n) is 10.1. The van der Waals surface area contributed by atoms with E-state index in [4.69, 9.17) is 19.8 Å². The summed E-state index contributed by atoms with van der Waals surface area (Å²) in [6, 6.07) is 18.5. The number of nitrogens with zero attached hydrogens (tertiary/aromatic N) is 2. The fourth-order valence-corrected chi connectivity index (χ4v) is 3.12. The van der Waals surface area contributed by atoms with Crippen LogP contribution in [0.5, 0.6) is 0 Å². The van der Waals surface area contributed by atoms with Crippen LogP contribution in [0.2, 0.25) is 0 Å². The fourth-order valence-electron chi connectivity index (χ4n) is 3.12. The minimum atomic E-state index is -0.879. The van der Waals surface area contributed by atoms with Crippen LogP contribution in [-0.4, -0.2) is 44.5 Å². The van der Waals surface area contributed by atoms with Crippen molar-refractivity contribution in [2.24, 2.45) is 0 Å².